The molecule has 0 spiro atoms. The largest absolute Gasteiger partial charge is 0.416 e. The van der Waals surface area contributed by atoms with E-state index in [1.807, 2.05) is 0 Å². The Labute approximate surface area is 113 Å². The molecule has 1 heterocycles. The number of hydrogen-bond donors (Lipinski definition) is 0. The van der Waals surface area contributed by atoms with E-state index in [1.54, 1.807) is 30.7 Å². The third kappa shape index (κ3) is 2.49. The maximum atomic E-state index is 12.7. The average molecular weight is 292 g/mol. The second kappa shape index (κ2) is 4.59. The van der Waals surface area contributed by atoms with Crippen molar-refractivity contribution < 1.29 is 13.2 Å². The standard InChI is InChI=1S/C12H13ClF3N3/c1-7(13)11-17-9-6-8(12(14,15)16)4-5-10(9)19(11)18(2)3/h4-7H,1-3H3. The van der Waals surface area contributed by atoms with E-state index in [0.29, 0.717) is 11.3 Å². The van der Waals surface area contributed by atoms with Gasteiger partial charge in [-0.3, -0.25) is 0 Å². The van der Waals surface area contributed by atoms with Crippen LogP contribution in [0.15, 0.2) is 18.2 Å². The van der Waals surface area contributed by atoms with Gasteiger partial charge in [-0.15, -0.1) is 11.6 Å². The Morgan fingerprint density at radius 1 is 1.32 bits per heavy atom. The van der Waals surface area contributed by atoms with Crippen molar-refractivity contribution in [3.8, 4) is 0 Å². The van der Waals surface area contributed by atoms with E-state index in [1.165, 1.54) is 6.07 Å². The monoisotopic (exact) mass is 291 g/mol. The Morgan fingerprint density at radius 3 is 2.42 bits per heavy atom. The van der Waals surface area contributed by atoms with Crippen LogP contribution < -0.4 is 5.01 Å². The highest BCUT2D eigenvalue weighted by Crippen LogP contribution is 2.32. The van der Waals surface area contributed by atoms with Gasteiger partial charge in [-0.25, -0.2) is 9.66 Å². The number of rotatable bonds is 2. The molecule has 0 fully saturated rings. The predicted molar refractivity (Wildman–Crippen MR) is 69.1 cm³/mol. The number of nitrogens with zero attached hydrogens (tertiary/aromatic N) is 3. The predicted octanol–water partition coefficient (Wildman–Crippen LogP) is 3.55. The summed E-state index contributed by atoms with van der Waals surface area (Å²) in [6.45, 7) is 1.73. The first-order chi connectivity index (χ1) is 8.71. The molecule has 0 amide bonds. The molecule has 0 saturated heterocycles. The second-order valence-corrected chi connectivity index (χ2v) is 5.10. The van der Waals surface area contributed by atoms with Gasteiger partial charge in [-0.1, -0.05) is 0 Å². The molecule has 0 N–H and O–H groups in total. The van der Waals surface area contributed by atoms with Crippen LogP contribution in [0.2, 0.25) is 0 Å². The first-order valence-corrected chi connectivity index (χ1v) is 6.06. The highest BCUT2D eigenvalue weighted by molar-refractivity contribution is 6.20. The summed E-state index contributed by atoms with van der Waals surface area (Å²) in [4.78, 5) is 4.20. The SMILES string of the molecule is CC(Cl)c1nc2cc(C(F)(F)F)ccc2n1N(C)C. The summed E-state index contributed by atoms with van der Waals surface area (Å²) in [5.41, 5.74) is 0.170. The molecule has 1 aromatic carbocycles. The van der Waals surface area contributed by atoms with Gasteiger partial charge in [-0.05, 0) is 25.1 Å². The van der Waals surface area contributed by atoms with Gasteiger partial charge in [0, 0.05) is 14.1 Å². The zero-order valence-electron chi connectivity index (χ0n) is 10.7. The fraction of sp³-hybridized carbons (Fsp3) is 0.417. The molecule has 0 aliphatic rings. The Hall–Kier alpha value is -1.43. The van der Waals surface area contributed by atoms with Crippen molar-refractivity contribution in [1.29, 1.82) is 0 Å². The number of fused-ring (bicyclic) bond motifs is 1. The molecule has 0 radical (unpaired) electrons. The van der Waals surface area contributed by atoms with Crippen molar-refractivity contribution >= 4 is 22.6 Å². The first-order valence-electron chi connectivity index (χ1n) is 5.63. The molecule has 2 aromatic rings. The molecule has 3 nitrogen and oxygen atoms in total. The summed E-state index contributed by atoms with van der Waals surface area (Å²) in [6, 6.07) is 3.50. The molecule has 0 aliphatic heterocycles. The van der Waals surface area contributed by atoms with Crippen molar-refractivity contribution in [1.82, 2.24) is 9.66 Å². The molecule has 1 aromatic heterocycles. The van der Waals surface area contributed by atoms with Crippen LogP contribution in [-0.4, -0.2) is 23.8 Å². The highest BCUT2D eigenvalue weighted by Gasteiger charge is 2.31. The van der Waals surface area contributed by atoms with E-state index in [9.17, 15) is 13.2 Å². The molecular formula is C12H13ClF3N3. The molecule has 2 rings (SSSR count). The third-order valence-electron chi connectivity index (χ3n) is 2.74. The quantitative estimate of drug-likeness (QED) is 0.789. The average Bonchev–Trinajstić information content (AvgIpc) is 2.65. The molecule has 0 bridgehead atoms. The van der Waals surface area contributed by atoms with Crippen molar-refractivity contribution in [3.63, 3.8) is 0 Å². The van der Waals surface area contributed by atoms with Crippen LogP contribution in [0, 0.1) is 0 Å². The molecule has 1 atom stereocenters. The maximum absolute atomic E-state index is 12.7. The first kappa shape index (κ1) is 14.0. The van der Waals surface area contributed by atoms with Gasteiger partial charge in [-0.2, -0.15) is 13.2 Å². The number of benzene rings is 1. The minimum Gasteiger partial charge on any atom is -0.317 e. The zero-order chi connectivity index (χ0) is 14.4. The fourth-order valence-corrected chi connectivity index (χ4v) is 2.08. The maximum Gasteiger partial charge on any atom is 0.416 e. The van der Waals surface area contributed by atoms with Gasteiger partial charge in [0.2, 0.25) is 0 Å². The molecule has 0 saturated carbocycles. The van der Waals surface area contributed by atoms with Crippen LogP contribution in [0.4, 0.5) is 13.2 Å². The molecule has 0 aliphatic carbocycles. The van der Waals surface area contributed by atoms with Crippen molar-refractivity contribution in [2.75, 3.05) is 19.1 Å². The van der Waals surface area contributed by atoms with Gasteiger partial charge in [0.15, 0.2) is 0 Å². The molecule has 19 heavy (non-hydrogen) atoms. The smallest absolute Gasteiger partial charge is 0.317 e. The Bertz CT molecular complexity index is 602. The van der Waals surface area contributed by atoms with Crippen molar-refractivity contribution in [2.45, 2.75) is 18.5 Å². The normalized spacial score (nSPS) is 13.8. The fourth-order valence-electron chi connectivity index (χ4n) is 1.94. The van der Waals surface area contributed by atoms with E-state index in [4.69, 9.17) is 11.6 Å². The van der Waals surface area contributed by atoms with E-state index in [2.05, 4.69) is 4.98 Å². The van der Waals surface area contributed by atoms with Crippen LogP contribution in [0.3, 0.4) is 0 Å². The molecule has 1 unspecified atom stereocenters. The lowest BCUT2D eigenvalue weighted by molar-refractivity contribution is -0.137. The van der Waals surface area contributed by atoms with E-state index in [0.717, 1.165) is 12.1 Å². The Kier molecular flexibility index (Phi) is 3.38. The Morgan fingerprint density at radius 2 is 1.95 bits per heavy atom. The van der Waals surface area contributed by atoms with E-state index < -0.39 is 17.1 Å². The zero-order valence-corrected chi connectivity index (χ0v) is 11.4. The van der Waals surface area contributed by atoms with Crippen LogP contribution in [0.5, 0.6) is 0 Å². The number of imidazole rings is 1. The number of aromatic nitrogens is 2. The summed E-state index contributed by atoms with van der Waals surface area (Å²) in [5.74, 6) is 0.515. The molecule has 7 heteroatoms. The lowest BCUT2D eigenvalue weighted by Gasteiger charge is -2.19. The van der Waals surface area contributed by atoms with E-state index >= 15 is 0 Å². The Balaban J connectivity index is 2.70. The summed E-state index contributed by atoms with van der Waals surface area (Å²) in [6.07, 6.45) is -4.37. The topological polar surface area (TPSA) is 21.1 Å². The van der Waals surface area contributed by atoms with Crippen LogP contribution in [0.1, 0.15) is 23.7 Å². The van der Waals surface area contributed by atoms with Crippen LogP contribution in [0.25, 0.3) is 11.0 Å². The summed E-state index contributed by atoms with van der Waals surface area (Å²) in [7, 11) is 3.56. The van der Waals surface area contributed by atoms with Crippen LogP contribution in [-0.2, 0) is 6.18 Å². The second-order valence-electron chi connectivity index (χ2n) is 4.45. The van der Waals surface area contributed by atoms with Gasteiger partial charge in [0.25, 0.3) is 0 Å². The van der Waals surface area contributed by atoms with Gasteiger partial charge in [0.05, 0.1) is 22.0 Å². The van der Waals surface area contributed by atoms with Gasteiger partial charge in [0.1, 0.15) is 5.82 Å². The number of alkyl halides is 4. The lowest BCUT2D eigenvalue weighted by atomic mass is 10.2. The molecule has 104 valence electrons. The summed E-state index contributed by atoms with van der Waals surface area (Å²) in [5, 5.41) is 1.33. The minimum absolute atomic E-state index is 0.283. The highest BCUT2D eigenvalue weighted by atomic mass is 35.5. The lowest BCUT2D eigenvalue weighted by Crippen LogP contribution is -2.27. The van der Waals surface area contributed by atoms with Gasteiger partial charge >= 0.3 is 6.18 Å². The van der Waals surface area contributed by atoms with Crippen molar-refractivity contribution in [3.05, 3.63) is 29.6 Å². The number of halogens is 4. The summed E-state index contributed by atoms with van der Waals surface area (Å²) < 4.78 is 39.7. The summed E-state index contributed by atoms with van der Waals surface area (Å²) >= 11 is 6.02. The van der Waals surface area contributed by atoms with Crippen LogP contribution >= 0.6 is 11.6 Å². The van der Waals surface area contributed by atoms with Crippen molar-refractivity contribution in [2.24, 2.45) is 0 Å². The molecular weight excluding hydrogens is 279 g/mol. The number of hydrogen-bond acceptors (Lipinski definition) is 2. The van der Waals surface area contributed by atoms with Gasteiger partial charge < -0.3 is 5.01 Å². The van der Waals surface area contributed by atoms with E-state index in [-0.39, 0.29) is 5.52 Å². The third-order valence-corrected chi connectivity index (χ3v) is 2.93. The minimum atomic E-state index is -4.37.